The molecule has 0 spiro atoms. The SMILES string of the molecule is Cn1c(=O)[nH]c2ncn(Cl)c2c1=O. The van der Waals surface area contributed by atoms with Crippen LogP contribution in [0.15, 0.2) is 15.9 Å². The molecule has 1 N–H and O–H groups in total. The average Bonchev–Trinajstić information content (AvgIpc) is 2.43. The molecule has 0 aliphatic carbocycles. The molecule has 0 fully saturated rings. The Balaban J connectivity index is 3.16. The molecule has 0 saturated heterocycles. The first-order chi connectivity index (χ1) is 6.11. The van der Waals surface area contributed by atoms with Crippen LogP contribution in [-0.2, 0) is 7.05 Å². The number of hydrogen-bond donors (Lipinski definition) is 1. The molecule has 2 aromatic heterocycles. The molecule has 13 heavy (non-hydrogen) atoms. The Morgan fingerprint density at radius 2 is 2.23 bits per heavy atom. The maximum atomic E-state index is 11.4. The lowest BCUT2D eigenvalue weighted by molar-refractivity contribution is 0.789. The van der Waals surface area contributed by atoms with Crippen molar-refractivity contribution in [2.24, 2.45) is 7.05 Å². The lowest BCUT2D eigenvalue weighted by Gasteiger charge is -1.95. The summed E-state index contributed by atoms with van der Waals surface area (Å²) < 4.78 is 1.98. The molecule has 2 rings (SSSR count). The molecular weight excluding hydrogens is 196 g/mol. The lowest BCUT2D eigenvalue weighted by Crippen LogP contribution is -2.32. The fourth-order valence-corrected chi connectivity index (χ4v) is 1.24. The van der Waals surface area contributed by atoms with Crippen LogP contribution in [0.1, 0.15) is 0 Å². The summed E-state index contributed by atoms with van der Waals surface area (Å²) in [7, 11) is 1.37. The van der Waals surface area contributed by atoms with Crippen molar-refractivity contribution in [1.82, 2.24) is 18.6 Å². The third kappa shape index (κ3) is 0.988. The third-order valence-corrected chi connectivity index (χ3v) is 2.02. The summed E-state index contributed by atoms with van der Waals surface area (Å²) in [4.78, 5) is 28.7. The average molecular weight is 201 g/mol. The van der Waals surface area contributed by atoms with Gasteiger partial charge in [0.2, 0.25) is 0 Å². The number of aromatic nitrogens is 4. The smallest absolute Gasteiger partial charge is 0.290 e. The summed E-state index contributed by atoms with van der Waals surface area (Å²) in [6.45, 7) is 0. The number of H-pyrrole nitrogens is 1. The monoisotopic (exact) mass is 200 g/mol. The minimum Gasteiger partial charge on any atom is -0.290 e. The molecule has 7 heteroatoms. The fourth-order valence-electron chi connectivity index (χ4n) is 1.05. The van der Waals surface area contributed by atoms with Gasteiger partial charge in [-0.15, -0.1) is 0 Å². The molecule has 0 bridgehead atoms. The van der Waals surface area contributed by atoms with Crippen LogP contribution < -0.4 is 11.2 Å². The zero-order valence-corrected chi connectivity index (χ0v) is 7.37. The van der Waals surface area contributed by atoms with Crippen LogP contribution in [0.3, 0.4) is 0 Å². The molecule has 2 aromatic rings. The minimum absolute atomic E-state index is 0.170. The van der Waals surface area contributed by atoms with Crippen molar-refractivity contribution in [3.05, 3.63) is 27.2 Å². The molecule has 0 saturated carbocycles. The van der Waals surface area contributed by atoms with Gasteiger partial charge in [-0.1, -0.05) is 0 Å². The van der Waals surface area contributed by atoms with Gasteiger partial charge in [-0.3, -0.25) is 14.3 Å². The van der Waals surface area contributed by atoms with E-state index in [-0.39, 0.29) is 11.2 Å². The zero-order valence-electron chi connectivity index (χ0n) is 6.61. The second kappa shape index (κ2) is 2.46. The first kappa shape index (κ1) is 8.06. The van der Waals surface area contributed by atoms with E-state index in [1.165, 1.54) is 13.4 Å². The summed E-state index contributed by atoms with van der Waals surface area (Å²) >= 11 is 5.62. The molecule has 0 unspecified atom stereocenters. The van der Waals surface area contributed by atoms with Crippen molar-refractivity contribution in [3.63, 3.8) is 0 Å². The van der Waals surface area contributed by atoms with Crippen LogP contribution in [0.25, 0.3) is 11.2 Å². The summed E-state index contributed by atoms with van der Waals surface area (Å²) in [5, 5.41) is 0. The van der Waals surface area contributed by atoms with Crippen molar-refractivity contribution in [2.45, 2.75) is 0 Å². The van der Waals surface area contributed by atoms with E-state index in [2.05, 4.69) is 9.97 Å². The number of nitrogens with one attached hydrogen (secondary N) is 1. The second-order valence-corrected chi connectivity index (χ2v) is 2.91. The molecule has 0 amide bonds. The molecule has 0 radical (unpaired) electrons. The van der Waals surface area contributed by atoms with Gasteiger partial charge in [-0.05, 0) is 0 Å². The maximum Gasteiger partial charge on any atom is 0.329 e. The third-order valence-electron chi connectivity index (χ3n) is 1.76. The van der Waals surface area contributed by atoms with Crippen molar-refractivity contribution < 1.29 is 0 Å². The molecule has 68 valence electrons. The van der Waals surface area contributed by atoms with Gasteiger partial charge >= 0.3 is 5.69 Å². The zero-order chi connectivity index (χ0) is 9.59. The predicted molar refractivity (Wildman–Crippen MR) is 46.8 cm³/mol. The normalized spacial score (nSPS) is 10.9. The van der Waals surface area contributed by atoms with Crippen LogP contribution >= 0.6 is 11.8 Å². The van der Waals surface area contributed by atoms with E-state index < -0.39 is 11.2 Å². The Bertz CT molecular complexity index is 578. The van der Waals surface area contributed by atoms with Gasteiger partial charge in [0.05, 0.1) is 0 Å². The number of imidazole rings is 1. The van der Waals surface area contributed by atoms with Gasteiger partial charge in [-0.25, -0.2) is 13.9 Å². The standard InChI is InChI=1S/C6H5ClN4O2/c1-10-5(12)3-4(9-6(10)13)8-2-11(3)7/h2H,1H3,(H,9,13). The van der Waals surface area contributed by atoms with E-state index in [1.807, 2.05) is 0 Å². The predicted octanol–water partition coefficient (Wildman–Crippen LogP) is -0.575. The van der Waals surface area contributed by atoms with E-state index in [1.54, 1.807) is 0 Å². The largest absolute Gasteiger partial charge is 0.329 e. The van der Waals surface area contributed by atoms with Crippen LogP contribution in [0.5, 0.6) is 0 Å². The molecule has 0 aliphatic rings. The van der Waals surface area contributed by atoms with Crippen molar-refractivity contribution in [1.29, 1.82) is 0 Å². The van der Waals surface area contributed by atoms with Gasteiger partial charge in [-0.2, -0.15) is 0 Å². The molecule has 0 atom stereocenters. The number of fused-ring (bicyclic) bond motifs is 1. The first-order valence-electron chi connectivity index (χ1n) is 3.44. The quantitative estimate of drug-likeness (QED) is 0.619. The number of rotatable bonds is 0. The minimum atomic E-state index is -0.507. The molecular formula is C6H5ClN4O2. The van der Waals surface area contributed by atoms with Crippen LogP contribution in [0.4, 0.5) is 0 Å². The van der Waals surface area contributed by atoms with E-state index >= 15 is 0 Å². The highest BCUT2D eigenvalue weighted by Gasteiger charge is 2.09. The first-order valence-corrected chi connectivity index (χ1v) is 3.77. The fraction of sp³-hybridized carbons (Fsp3) is 0.167. The highest BCUT2D eigenvalue weighted by molar-refractivity contribution is 6.18. The summed E-state index contributed by atoms with van der Waals surface area (Å²) in [6, 6.07) is 0. The Morgan fingerprint density at radius 1 is 1.54 bits per heavy atom. The van der Waals surface area contributed by atoms with Gasteiger partial charge in [0, 0.05) is 18.8 Å². The van der Waals surface area contributed by atoms with Gasteiger partial charge < -0.3 is 0 Å². The summed E-state index contributed by atoms with van der Waals surface area (Å²) in [6.07, 6.45) is 1.25. The van der Waals surface area contributed by atoms with Crippen molar-refractivity contribution in [3.8, 4) is 0 Å². The molecule has 0 aliphatic heterocycles. The number of aromatic amines is 1. The topological polar surface area (TPSA) is 72.7 Å². The van der Waals surface area contributed by atoms with Gasteiger partial charge in [0.1, 0.15) is 6.33 Å². The van der Waals surface area contributed by atoms with Crippen LogP contribution in [0.2, 0.25) is 0 Å². The Labute approximate surface area is 76.5 Å². The highest BCUT2D eigenvalue weighted by atomic mass is 35.5. The highest BCUT2D eigenvalue weighted by Crippen LogP contribution is 2.03. The van der Waals surface area contributed by atoms with Crippen molar-refractivity contribution in [2.75, 3.05) is 0 Å². The Morgan fingerprint density at radius 3 is 2.92 bits per heavy atom. The Hall–Kier alpha value is -1.56. The van der Waals surface area contributed by atoms with Crippen molar-refractivity contribution >= 4 is 22.9 Å². The van der Waals surface area contributed by atoms with Crippen LogP contribution in [0, 0.1) is 0 Å². The molecule has 2 heterocycles. The number of nitrogens with zero attached hydrogens (tertiary/aromatic N) is 3. The molecule has 6 nitrogen and oxygen atoms in total. The summed E-state index contributed by atoms with van der Waals surface area (Å²) in [5.41, 5.74) is -0.606. The number of hydrogen-bond acceptors (Lipinski definition) is 3. The van der Waals surface area contributed by atoms with E-state index in [4.69, 9.17) is 11.8 Å². The van der Waals surface area contributed by atoms with Gasteiger partial charge in [0.15, 0.2) is 11.2 Å². The van der Waals surface area contributed by atoms with Gasteiger partial charge in [0.25, 0.3) is 5.56 Å². The van der Waals surface area contributed by atoms with E-state index in [0.717, 1.165) is 8.65 Å². The Kier molecular flexibility index (Phi) is 1.53. The maximum absolute atomic E-state index is 11.4. The van der Waals surface area contributed by atoms with Crippen LogP contribution in [-0.4, -0.2) is 18.6 Å². The molecule has 0 aromatic carbocycles. The lowest BCUT2D eigenvalue weighted by atomic mass is 10.5. The van der Waals surface area contributed by atoms with E-state index in [0.29, 0.717) is 0 Å². The second-order valence-electron chi connectivity index (χ2n) is 2.55. The number of halogens is 1. The van der Waals surface area contributed by atoms with E-state index in [9.17, 15) is 9.59 Å². The summed E-state index contributed by atoms with van der Waals surface area (Å²) in [5.74, 6) is 0.